The van der Waals surface area contributed by atoms with Crippen LogP contribution in [-0.2, 0) is 4.79 Å². The number of benzene rings is 1. The molecule has 0 radical (unpaired) electrons. The summed E-state index contributed by atoms with van der Waals surface area (Å²) in [7, 11) is 0. The van der Waals surface area contributed by atoms with Crippen LogP contribution in [0.5, 0.6) is 0 Å². The quantitative estimate of drug-likeness (QED) is 0.346. The largest absolute Gasteiger partial charge is 0.294 e. The van der Waals surface area contributed by atoms with Crippen molar-refractivity contribution in [1.29, 1.82) is 0 Å². The molecule has 4 heteroatoms. The van der Waals surface area contributed by atoms with E-state index >= 15 is 0 Å². The van der Waals surface area contributed by atoms with Crippen LogP contribution in [0.3, 0.4) is 0 Å². The molecule has 150 valence electrons. The Labute approximate surface area is 181 Å². The molecule has 0 saturated heterocycles. The van der Waals surface area contributed by atoms with Crippen molar-refractivity contribution in [2.75, 3.05) is 0 Å². The number of allylic oxidation sites excluding steroid dienone is 2. The average Bonchev–Trinajstić information content (AvgIpc) is 2.81. The Morgan fingerprint density at radius 1 is 1.00 bits per heavy atom. The molecular formula is C23H33Br2OP. The van der Waals surface area contributed by atoms with Gasteiger partial charge in [0, 0.05) is 21.7 Å². The SMILES string of the molecule is CCC(=O)C1=P(Br)(Br)C(c2c(C(C)C)cc(C(C)C)cc2C(C)C)C=C1C. The predicted molar refractivity (Wildman–Crippen MR) is 130 cm³/mol. The highest BCUT2D eigenvalue weighted by molar-refractivity contribution is 9.72. The lowest BCUT2D eigenvalue weighted by Crippen LogP contribution is -2.12. The lowest BCUT2D eigenvalue weighted by Gasteiger charge is -2.29. The number of halogens is 2. The number of ketones is 1. The standard InChI is InChI=1S/C23H33Br2OP/c1-9-20(26)23-16(8)10-21(27(23,24)25)22-18(14(4)5)11-17(13(2)3)12-19(22)15(6)7/h10-15,21H,9H2,1-8H3. The zero-order valence-corrected chi connectivity index (χ0v) is 21.9. The highest BCUT2D eigenvalue weighted by Gasteiger charge is 2.39. The zero-order chi connectivity index (χ0) is 20.7. The van der Waals surface area contributed by atoms with Crippen molar-refractivity contribution in [3.8, 4) is 0 Å². The van der Waals surface area contributed by atoms with Crippen LogP contribution in [0, 0.1) is 0 Å². The Hall–Kier alpha value is -0.110. The fourth-order valence-corrected chi connectivity index (χ4v) is 11.1. The van der Waals surface area contributed by atoms with Gasteiger partial charge in [-0.15, -0.1) is 0 Å². The maximum atomic E-state index is 12.7. The molecule has 0 spiro atoms. The lowest BCUT2D eigenvalue weighted by molar-refractivity contribution is -0.112. The molecule has 0 amide bonds. The number of carbonyl (C=O) groups is 1. The van der Waals surface area contributed by atoms with Gasteiger partial charge in [0.25, 0.3) is 0 Å². The van der Waals surface area contributed by atoms with Gasteiger partial charge < -0.3 is 0 Å². The van der Waals surface area contributed by atoms with E-state index in [9.17, 15) is 4.79 Å². The minimum absolute atomic E-state index is 0.207. The normalized spacial score (nSPS) is 19.4. The summed E-state index contributed by atoms with van der Waals surface area (Å²) in [6.45, 7) is 17.7. The summed E-state index contributed by atoms with van der Waals surface area (Å²) in [6.07, 6.45) is 2.87. The first kappa shape index (κ1) is 23.2. The molecule has 0 bridgehead atoms. The fraction of sp³-hybridized carbons (Fsp3) is 0.565. The molecule has 0 aliphatic carbocycles. The van der Waals surface area contributed by atoms with Gasteiger partial charge in [0.1, 0.15) is 0 Å². The molecule has 1 aromatic carbocycles. The van der Waals surface area contributed by atoms with Gasteiger partial charge in [0.05, 0.1) is 0 Å². The van der Waals surface area contributed by atoms with Crippen molar-refractivity contribution in [2.45, 2.75) is 85.2 Å². The summed E-state index contributed by atoms with van der Waals surface area (Å²) in [4.78, 5) is 12.7. The van der Waals surface area contributed by atoms with E-state index in [1.807, 2.05) is 6.92 Å². The lowest BCUT2D eigenvalue weighted by atomic mass is 9.83. The highest BCUT2D eigenvalue weighted by atomic mass is 79.9. The van der Waals surface area contributed by atoms with E-state index in [1.54, 1.807) is 0 Å². The van der Waals surface area contributed by atoms with Crippen LogP contribution in [-0.4, -0.2) is 11.1 Å². The zero-order valence-electron chi connectivity index (χ0n) is 17.9. The Bertz CT molecular complexity index is 796. The number of hydrogen-bond donors (Lipinski definition) is 0. The van der Waals surface area contributed by atoms with Gasteiger partial charge >= 0.3 is 0 Å². The van der Waals surface area contributed by atoms with E-state index in [4.69, 9.17) is 0 Å². The molecule has 1 unspecified atom stereocenters. The molecule has 0 fully saturated rings. The minimum atomic E-state index is -1.94. The molecule has 2 rings (SSSR count). The maximum absolute atomic E-state index is 12.7. The summed E-state index contributed by atoms with van der Waals surface area (Å²) >= 11 is 8.05. The monoisotopic (exact) mass is 514 g/mol. The average molecular weight is 516 g/mol. The van der Waals surface area contributed by atoms with Crippen LogP contribution in [0.1, 0.15) is 107 Å². The van der Waals surface area contributed by atoms with E-state index < -0.39 is 4.29 Å². The maximum Gasteiger partial charge on any atom is 0.164 e. The Morgan fingerprint density at radius 3 is 1.85 bits per heavy atom. The number of carbonyl (C=O) groups excluding carboxylic acids is 1. The number of hydrogen-bond acceptors (Lipinski definition) is 1. The first-order valence-electron chi connectivity index (χ1n) is 9.98. The van der Waals surface area contributed by atoms with Gasteiger partial charge in [-0.2, -0.15) is 0 Å². The third kappa shape index (κ3) is 4.41. The van der Waals surface area contributed by atoms with Gasteiger partial charge in [0.2, 0.25) is 0 Å². The van der Waals surface area contributed by atoms with Gasteiger partial charge in [0.15, 0.2) is 5.78 Å². The molecule has 1 nitrogen and oxygen atoms in total. The van der Waals surface area contributed by atoms with Crippen molar-refractivity contribution in [2.24, 2.45) is 0 Å². The highest BCUT2D eigenvalue weighted by Crippen LogP contribution is 2.78. The third-order valence-corrected chi connectivity index (χ3v) is 12.6. The van der Waals surface area contributed by atoms with E-state index in [0.29, 0.717) is 24.2 Å². The van der Waals surface area contributed by atoms with Crippen LogP contribution < -0.4 is 0 Å². The second-order valence-electron chi connectivity index (χ2n) is 8.55. The molecule has 0 saturated carbocycles. The summed E-state index contributed by atoms with van der Waals surface area (Å²) in [5, 5.41) is 0.979. The van der Waals surface area contributed by atoms with Crippen LogP contribution in [0.15, 0.2) is 23.8 Å². The first-order chi connectivity index (χ1) is 12.4. The predicted octanol–water partition coefficient (Wildman–Crippen LogP) is 8.85. The molecule has 1 aromatic rings. The molecule has 1 heterocycles. The van der Waals surface area contributed by atoms with E-state index in [-0.39, 0.29) is 11.4 Å². The molecular weight excluding hydrogens is 483 g/mol. The third-order valence-electron chi connectivity index (χ3n) is 5.49. The van der Waals surface area contributed by atoms with Gasteiger partial charge in [-0.3, -0.25) is 4.79 Å². The van der Waals surface area contributed by atoms with Gasteiger partial charge in [-0.25, -0.2) is 0 Å². The van der Waals surface area contributed by atoms with E-state index in [0.717, 1.165) is 10.9 Å². The van der Waals surface area contributed by atoms with E-state index in [1.165, 1.54) is 22.3 Å². The van der Waals surface area contributed by atoms with Crippen molar-refractivity contribution in [1.82, 2.24) is 0 Å². The summed E-state index contributed by atoms with van der Waals surface area (Å²) in [5.74, 6) is 1.64. The smallest absolute Gasteiger partial charge is 0.164 e. The van der Waals surface area contributed by atoms with Crippen LogP contribution >= 0.6 is 35.3 Å². The van der Waals surface area contributed by atoms with Crippen LogP contribution in [0.2, 0.25) is 0 Å². The number of rotatable bonds is 6. The summed E-state index contributed by atoms with van der Waals surface area (Å²) in [5.41, 5.74) is 7.02. The molecule has 1 aliphatic heterocycles. The Morgan fingerprint density at radius 2 is 1.48 bits per heavy atom. The fourth-order valence-electron chi connectivity index (χ4n) is 3.94. The summed E-state index contributed by atoms with van der Waals surface area (Å²) < 4.78 is -1.94. The second-order valence-corrected chi connectivity index (χ2v) is 20.2. The van der Waals surface area contributed by atoms with Crippen molar-refractivity contribution in [3.05, 3.63) is 46.0 Å². The Kier molecular flexibility index (Phi) is 7.48. The van der Waals surface area contributed by atoms with Crippen molar-refractivity contribution in [3.63, 3.8) is 0 Å². The van der Waals surface area contributed by atoms with E-state index in [2.05, 4.69) is 97.7 Å². The second kappa shape index (κ2) is 8.72. The van der Waals surface area contributed by atoms with Crippen molar-refractivity contribution >= 4 is 46.3 Å². The van der Waals surface area contributed by atoms with Crippen LogP contribution in [0.25, 0.3) is 0 Å². The van der Waals surface area contributed by atoms with Gasteiger partial charge in [-0.1, -0.05) is 66.7 Å². The number of Topliss-reactive ketones (excluding diaryl/α,β-unsaturated/α-hetero) is 1. The molecule has 0 N–H and O–H groups in total. The topological polar surface area (TPSA) is 17.1 Å². The molecule has 1 aliphatic rings. The minimum Gasteiger partial charge on any atom is -0.294 e. The summed E-state index contributed by atoms with van der Waals surface area (Å²) in [6, 6.07) is 4.80. The Balaban J connectivity index is 2.86. The molecule has 0 aromatic heterocycles. The first-order valence-corrected chi connectivity index (χ1v) is 15.9. The van der Waals surface area contributed by atoms with Crippen LogP contribution in [0.4, 0.5) is 0 Å². The molecule has 1 atom stereocenters. The van der Waals surface area contributed by atoms with Crippen molar-refractivity contribution < 1.29 is 4.79 Å². The molecule has 27 heavy (non-hydrogen) atoms. The van der Waals surface area contributed by atoms with Gasteiger partial charge in [-0.05, 0) is 83.5 Å².